The topological polar surface area (TPSA) is 74.0 Å². The lowest BCUT2D eigenvalue weighted by Crippen LogP contribution is -2.46. The Hall–Kier alpha value is -3.29. The Morgan fingerprint density at radius 1 is 1.09 bits per heavy atom. The molecule has 2 amide bonds. The number of carbonyl (C=O) groups excluding carboxylic acids is 2. The Kier molecular flexibility index (Phi) is 5.95. The first-order valence-corrected chi connectivity index (χ1v) is 10.5. The van der Waals surface area contributed by atoms with Crippen molar-refractivity contribution < 1.29 is 22.8 Å². The zero-order chi connectivity index (χ0) is 23.0. The molecule has 3 aromatic rings. The molecule has 5 nitrogen and oxygen atoms in total. The highest BCUT2D eigenvalue weighted by atomic mass is 19.1. The summed E-state index contributed by atoms with van der Waals surface area (Å²) < 4.78 is 41.9. The third-order valence-electron chi connectivity index (χ3n) is 6.02. The van der Waals surface area contributed by atoms with Crippen molar-refractivity contribution in [2.24, 2.45) is 5.92 Å². The summed E-state index contributed by atoms with van der Waals surface area (Å²) in [4.78, 5) is 26.3. The third-order valence-corrected chi connectivity index (χ3v) is 6.02. The van der Waals surface area contributed by atoms with Crippen molar-refractivity contribution in [1.82, 2.24) is 15.6 Å². The number of benzene rings is 2. The summed E-state index contributed by atoms with van der Waals surface area (Å²) in [6, 6.07) is 7.42. The van der Waals surface area contributed by atoms with Crippen molar-refractivity contribution in [3.05, 3.63) is 59.4 Å². The van der Waals surface area contributed by atoms with Crippen molar-refractivity contribution in [3.8, 4) is 11.3 Å². The highest BCUT2D eigenvalue weighted by molar-refractivity contribution is 5.92. The monoisotopic (exact) mass is 443 g/mol. The van der Waals surface area contributed by atoms with Crippen LogP contribution in [-0.4, -0.2) is 29.4 Å². The predicted octanol–water partition coefficient (Wildman–Crippen LogP) is 4.39. The summed E-state index contributed by atoms with van der Waals surface area (Å²) >= 11 is 0. The molecule has 4 rings (SSSR count). The fourth-order valence-electron chi connectivity index (χ4n) is 4.41. The molecular weight excluding hydrogens is 419 g/mol. The number of hydrogen-bond donors (Lipinski definition) is 3. The molecular formula is C24H24F3N3O2. The highest BCUT2D eigenvalue weighted by Crippen LogP contribution is 2.48. The predicted molar refractivity (Wildman–Crippen MR) is 115 cm³/mol. The third kappa shape index (κ3) is 4.35. The molecule has 1 saturated carbocycles. The normalized spacial score (nSPS) is 18.8. The molecule has 0 bridgehead atoms. The number of hydrogen-bond acceptors (Lipinski definition) is 2. The van der Waals surface area contributed by atoms with Crippen LogP contribution in [-0.2, 0) is 9.59 Å². The first kappa shape index (κ1) is 21.9. The van der Waals surface area contributed by atoms with E-state index in [1.165, 1.54) is 25.1 Å². The van der Waals surface area contributed by atoms with Gasteiger partial charge in [0.05, 0.1) is 11.2 Å². The largest absolute Gasteiger partial charge is 0.354 e. The number of halogens is 3. The minimum Gasteiger partial charge on any atom is -0.354 e. The van der Waals surface area contributed by atoms with Crippen LogP contribution in [0.15, 0.2) is 36.4 Å². The quantitative estimate of drug-likeness (QED) is 0.529. The Bertz CT molecular complexity index is 1170. The minimum atomic E-state index is -0.676. The van der Waals surface area contributed by atoms with Crippen LogP contribution >= 0.6 is 0 Å². The van der Waals surface area contributed by atoms with Crippen LogP contribution in [0.2, 0.25) is 0 Å². The second-order valence-corrected chi connectivity index (χ2v) is 8.43. The van der Waals surface area contributed by atoms with Gasteiger partial charge in [-0.2, -0.15) is 0 Å². The molecule has 0 spiro atoms. The maximum Gasteiger partial charge on any atom is 0.242 e. The number of nitrogens with one attached hydrogen (secondary N) is 3. The van der Waals surface area contributed by atoms with Gasteiger partial charge in [0, 0.05) is 24.9 Å². The highest BCUT2D eigenvalue weighted by Gasteiger charge is 2.35. The van der Waals surface area contributed by atoms with Crippen LogP contribution in [0.3, 0.4) is 0 Å². The molecule has 0 radical (unpaired) electrons. The van der Waals surface area contributed by atoms with E-state index in [0.29, 0.717) is 23.2 Å². The van der Waals surface area contributed by atoms with E-state index in [9.17, 15) is 22.8 Å². The number of carbonyl (C=O) groups is 2. The van der Waals surface area contributed by atoms with Gasteiger partial charge in [0.15, 0.2) is 0 Å². The van der Waals surface area contributed by atoms with Crippen molar-refractivity contribution in [3.63, 3.8) is 0 Å². The van der Waals surface area contributed by atoms with Gasteiger partial charge in [-0.25, -0.2) is 13.2 Å². The van der Waals surface area contributed by atoms with Gasteiger partial charge in [0.25, 0.3) is 0 Å². The van der Waals surface area contributed by atoms with Gasteiger partial charge in [-0.1, -0.05) is 0 Å². The number of fused-ring (bicyclic) bond motifs is 1. The van der Waals surface area contributed by atoms with Crippen molar-refractivity contribution in [2.45, 2.75) is 38.6 Å². The van der Waals surface area contributed by atoms with E-state index >= 15 is 0 Å². The molecule has 1 aliphatic carbocycles. The molecule has 2 aromatic carbocycles. The average Bonchev–Trinajstić information content (AvgIpc) is 3.06. The molecule has 3 N–H and O–H groups in total. The molecule has 0 aliphatic heterocycles. The number of rotatable bonds is 6. The van der Waals surface area contributed by atoms with E-state index in [4.69, 9.17) is 0 Å². The maximum atomic E-state index is 14.4. The second kappa shape index (κ2) is 8.68. The van der Waals surface area contributed by atoms with Gasteiger partial charge < -0.3 is 15.6 Å². The molecule has 32 heavy (non-hydrogen) atoms. The van der Waals surface area contributed by atoms with Crippen molar-refractivity contribution in [1.29, 1.82) is 0 Å². The van der Waals surface area contributed by atoms with Gasteiger partial charge in [0.1, 0.15) is 23.5 Å². The number of aromatic nitrogens is 1. The lowest BCUT2D eigenvalue weighted by molar-refractivity contribution is -0.127. The fourth-order valence-corrected chi connectivity index (χ4v) is 4.41. The van der Waals surface area contributed by atoms with Gasteiger partial charge in [-0.15, -0.1) is 0 Å². The summed E-state index contributed by atoms with van der Waals surface area (Å²) in [5, 5.41) is 5.86. The summed E-state index contributed by atoms with van der Waals surface area (Å²) in [7, 11) is 0. The van der Waals surface area contributed by atoms with E-state index in [-0.39, 0.29) is 35.0 Å². The number of amides is 2. The van der Waals surface area contributed by atoms with Crippen LogP contribution in [0.4, 0.5) is 13.2 Å². The van der Waals surface area contributed by atoms with E-state index in [2.05, 4.69) is 15.6 Å². The van der Waals surface area contributed by atoms with Gasteiger partial charge in [-0.3, -0.25) is 9.59 Å². The smallest absolute Gasteiger partial charge is 0.242 e. The lowest BCUT2D eigenvalue weighted by Gasteiger charge is -2.36. The molecule has 0 saturated heterocycles. The number of aromatic amines is 1. The summed E-state index contributed by atoms with van der Waals surface area (Å²) in [5.74, 6) is -2.00. The molecule has 1 fully saturated rings. The first-order valence-electron chi connectivity index (χ1n) is 10.5. The fraction of sp³-hybridized carbons (Fsp3) is 0.333. The minimum absolute atomic E-state index is 0.0414. The Morgan fingerprint density at radius 2 is 1.78 bits per heavy atom. The second-order valence-electron chi connectivity index (χ2n) is 8.43. The van der Waals surface area contributed by atoms with Crippen molar-refractivity contribution >= 4 is 22.7 Å². The summed E-state index contributed by atoms with van der Waals surface area (Å²) in [6.07, 6.45) is 1.46. The molecule has 0 unspecified atom stereocenters. The lowest BCUT2D eigenvalue weighted by atomic mass is 9.70. The Balaban J connectivity index is 1.54. The van der Waals surface area contributed by atoms with Gasteiger partial charge >= 0.3 is 0 Å². The van der Waals surface area contributed by atoms with Crippen LogP contribution in [0.5, 0.6) is 0 Å². The Morgan fingerprint density at radius 3 is 2.44 bits per heavy atom. The van der Waals surface area contributed by atoms with Crippen LogP contribution in [0.1, 0.15) is 38.2 Å². The van der Waals surface area contributed by atoms with Crippen molar-refractivity contribution in [2.75, 3.05) is 6.54 Å². The molecule has 168 valence electrons. The zero-order valence-electron chi connectivity index (χ0n) is 17.8. The molecule has 1 atom stereocenters. The zero-order valence-corrected chi connectivity index (χ0v) is 17.8. The van der Waals surface area contributed by atoms with Crippen LogP contribution < -0.4 is 10.6 Å². The van der Waals surface area contributed by atoms with E-state index in [1.807, 2.05) is 0 Å². The SMILES string of the molecule is CC(=O)N[C@H](C)C(=O)NCC1CC(c2c(-c3ccc(F)cc3)[nH]c3c(F)cc(F)cc23)C1. The average molecular weight is 443 g/mol. The maximum absolute atomic E-state index is 14.4. The van der Waals surface area contributed by atoms with Gasteiger partial charge in [-0.05, 0) is 73.1 Å². The Labute approximate surface area is 183 Å². The standard InChI is InChI=1S/C24H24F3N3O2/c1-12(29-13(2)31)24(32)28-11-14-7-16(8-14)21-19-9-18(26)10-20(27)23(19)30-22(21)15-3-5-17(25)6-4-15/h3-6,9-10,12,14,16,30H,7-8,11H2,1-2H3,(H,28,32)(H,29,31)/t12-,14?,16?/m1/s1. The van der Waals surface area contributed by atoms with Crippen LogP contribution in [0.25, 0.3) is 22.2 Å². The molecule has 1 heterocycles. The van der Waals surface area contributed by atoms with Crippen LogP contribution in [0, 0.1) is 23.4 Å². The molecule has 1 aliphatic rings. The summed E-state index contributed by atoms with van der Waals surface area (Å²) in [5.41, 5.74) is 2.37. The van der Waals surface area contributed by atoms with E-state index < -0.39 is 17.7 Å². The molecule has 8 heteroatoms. The summed E-state index contributed by atoms with van der Waals surface area (Å²) in [6.45, 7) is 3.42. The van der Waals surface area contributed by atoms with E-state index in [1.54, 1.807) is 19.1 Å². The first-order chi connectivity index (χ1) is 15.2. The number of H-pyrrole nitrogens is 1. The van der Waals surface area contributed by atoms with E-state index in [0.717, 1.165) is 24.5 Å². The molecule has 1 aromatic heterocycles. The van der Waals surface area contributed by atoms with Gasteiger partial charge in [0.2, 0.25) is 11.8 Å².